The van der Waals surface area contributed by atoms with E-state index >= 15 is 0 Å². The van der Waals surface area contributed by atoms with Gasteiger partial charge in [0.2, 0.25) is 11.8 Å². The summed E-state index contributed by atoms with van der Waals surface area (Å²) in [5, 5.41) is 9.28. The molecule has 5 rings (SSSR count). The smallest absolute Gasteiger partial charge is 0.239 e. The minimum Gasteiger partial charge on any atom is -0.354 e. The number of carbonyl (C=O) groups is 2. The van der Waals surface area contributed by atoms with Gasteiger partial charge in [-0.15, -0.1) is 12.4 Å². The van der Waals surface area contributed by atoms with Crippen molar-refractivity contribution in [3.05, 3.63) is 0 Å². The quantitative estimate of drug-likeness (QED) is 0.645. The van der Waals surface area contributed by atoms with Gasteiger partial charge in [0.15, 0.2) is 0 Å². The molecule has 5 aliphatic rings. The average Bonchev–Trinajstić information content (AvgIpc) is 2.57. The fraction of sp³-hybridized carbons (Fsp3) is 0.905. The molecule has 1 saturated heterocycles. The number of nitrogens with one attached hydrogen (secondary N) is 3. The number of amides is 2. The molecule has 5 nitrogen and oxygen atoms in total. The molecule has 0 radical (unpaired) electrons. The first-order valence-corrected chi connectivity index (χ1v) is 10.7. The van der Waals surface area contributed by atoms with Crippen molar-refractivity contribution < 1.29 is 9.59 Å². The summed E-state index contributed by atoms with van der Waals surface area (Å²) in [6, 6.07) is 0. The van der Waals surface area contributed by atoms with Gasteiger partial charge in [0.25, 0.3) is 0 Å². The number of halogens is 1. The third kappa shape index (κ3) is 4.97. The minimum atomic E-state index is -0.0522. The first-order chi connectivity index (χ1) is 12.4. The molecule has 1 aliphatic heterocycles. The minimum absolute atomic E-state index is 0. The van der Waals surface area contributed by atoms with Crippen LogP contribution in [0.2, 0.25) is 0 Å². The maximum absolute atomic E-state index is 12.5. The van der Waals surface area contributed by atoms with Crippen molar-refractivity contribution >= 4 is 24.2 Å². The highest BCUT2D eigenvalue weighted by Gasteiger charge is 2.51. The van der Waals surface area contributed by atoms with Crippen molar-refractivity contribution in [2.24, 2.45) is 28.6 Å². The molecule has 6 heteroatoms. The first kappa shape index (κ1) is 20.9. The first-order valence-electron chi connectivity index (χ1n) is 10.7. The summed E-state index contributed by atoms with van der Waals surface area (Å²) in [5.41, 5.74) is 0.433. The molecule has 2 amide bonds. The Morgan fingerprint density at radius 3 is 2.04 bits per heavy atom. The Kier molecular flexibility index (Phi) is 6.41. The van der Waals surface area contributed by atoms with Crippen LogP contribution in [0, 0.1) is 28.6 Å². The number of carbonyl (C=O) groups excluding carboxylic acids is 2. The topological polar surface area (TPSA) is 70.2 Å². The molecular formula is C21H36ClN3O2. The molecule has 3 N–H and O–H groups in total. The van der Waals surface area contributed by atoms with Gasteiger partial charge in [0.05, 0.1) is 6.54 Å². The van der Waals surface area contributed by atoms with Crippen LogP contribution < -0.4 is 16.0 Å². The van der Waals surface area contributed by atoms with Gasteiger partial charge in [-0.2, -0.15) is 0 Å². The summed E-state index contributed by atoms with van der Waals surface area (Å²) in [5.74, 6) is 2.62. The number of hydrogen-bond donors (Lipinski definition) is 3. The summed E-state index contributed by atoms with van der Waals surface area (Å²) in [6.45, 7) is 5.11. The van der Waals surface area contributed by atoms with Crippen LogP contribution in [0.4, 0.5) is 0 Å². The van der Waals surface area contributed by atoms with E-state index in [1.54, 1.807) is 0 Å². The van der Waals surface area contributed by atoms with Gasteiger partial charge in [-0.3, -0.25) is 9.59 Å². The monoisotopic (exact) mass is 397 g/mol. The zero-order valence-corrected chi connectivity index (χ0v) is 17.5. The SMILES string of the molecule is CC1(CNC(=O)CNC(=O)CC23CC4CC(CC(C4)C2)C3)CCNCC1.Cl. The average molecular weight is 398 g/mol. The van der Waals surface area contributed by atoms with E-state index in [-0.39, 0.29) is 41.6 Å². The molecular weight excluding hydrogens is 362 g/mol. The summed E-state index contributed by atoms with van der Waals surface area (Å²) in [7, 11) is 0. The van der Waals surface area contributed by atoms with Gasteiger partial charge in [-0.25, -0.2) is 0 Å². The zero-order valence-electron chi connectivity index (χ0n) is 16.6. The van der Waals surface area contributed by atoms with Crippen molar-refractivity contribution in [3.63, 3.8) is 0 Å². The molecule has 0 aromatic rings. The molecule has 0 unspecified atom stereocenters. The van der Waals surface area contributed by atoms with Crippen LogP contribution >= 0.6 is 12.4 Å². The lowest BCUT2D eigenvalue weighted by Gasteiger charge is -2.56. The predicted molar refractivity (Wildman–Crippen MR) is 109 cm³/mol. The van der Waals surface area contributed by atoms with Gasteiger partial charge in [0.1, 0.15) is 0 Å². The van der Waals surface area contributed by atoms with E-state index in [9.17, 15) is 9.59 Å². The molecule has 154 valence electrons. The van der Waals surface area contributed by atoms with Crippen LogP contribution in [0.1, 0.15) is 64.7 Å². The highest BCUT2D eigenvalue weighted by molar-refractivity contribution is 5.85. The van der Waals surface area contributed by atoms with Crippen LogP contribution in [0.5, 0.6) is 0 Å². The maximum atomic E-state index is 12.5. The van der Waals surface area contributed by atoms with Gasteiger partial charge < -0.3 is 16.0 Å². The van der Waals surface area contributed by atoms with E-state index < -0.39 is 0 Å². The van der Waals surface area contributed by atoms with Crippen LogP contribution in [0.15, 0.2) is 0 Å². The van der Waals surface area contributed by atoms with E-state index in [0.29, 0.717) is 13.0 Å². The predicted octanol–water partition coefficient (Wildman–Crippen LogP) is 2.64. The lowest BCUT2D eigenvalue weighted by atomic mass is 9.49. The van der Waals surface area contributed by atoms with Crippen molar-refractivity contribution in [2.75, 3.05) is 26.2 Å². The van der Waals surface area contributed by atoms with Gasteiger partial charge in [-0.1, -0.05) is 6.92 Å². The Morgan fingerprint density at radius 1 is 0.926 bits per heavy atom. The summed E-state index contributed by atoms with van der Waals surface area (Å²) >= 11 is 0. The van der Waals surface area contributed by atoms with Crippen molar-refractivity contribution in [1.82, 2.24) is 16.0 Å². The van der Waals surface area contributed by atoms with E-state index in [1.165, 1.54) is 38.5 Å². The van der Waals surface area contributed by atoms with E-state index in [2.05, 4.69) is 22.9 Å². The standard InChI is InChI=1S/C21H35N3O2.ClH/c1-20(2-4-22-5-3-20)14-24-19(26)13-23-18(25)12-21-9-15-6-16(10-21)8-17(7-15)11-21;/h15-17,22H,2-14H2,1H3,(H,23,25)(H,24,26);1H. The molecule has 4 aliphatic carbocycles. The molecule has 27 heavy (non-hydrogen) atoms. The maximum Gasteiger partial charge on any atom is 0.239 e. The molecule has 4 bridgehead atoms. The highest BCUT2D eigenvalue weighted by atomic mass is 35.5. The third-order valence-corrected chi connectivity index (χ3v) is 7.67. The second kappa shape index (κ2) is 8.28. The van der Waals surface area contributed by atoms with Crippen LogP contribution in [-0.4, -0.2) is 38.0 Å². The highest BCUT2D eigenvalue weighted by Crippen LogP contribution is 2.61. The van der Waals surface area contributed by atoms with Crippen LogP contribution in [0.25, 0.3) is 0 Å². The van der Waals surface area contributed by atoms with Gasteiger partial charge >= 0.3 is 0 Å². The molecule has 4 saturated carbocycles. The molecule has 5 fully saturated rings. The molecule has 0 spiro atoms. The molecule has 1 heterocycles. The fourth-order valence-corrected chi connectivity index (χ4v) is 6.67. The Balaban J connectivity index is 0.00000210. The zero-order chi connectivity index (χ0) is 18.2. The van der Waals surface area contributed by atoms with Gasteiger partial charge in [-0.05, 0) is 93.0 Å². The Morgan fingerprint density at radius 2 is 1.48 bits per heavy atom. The lowest BCUT2D eigenvalue weighted by Crippen LogP contribution is -2.49. The number of piperidine rings is 1. The second-order valence-electron chi connectivity index (χ2n) is 10.2. The third-order valence-electron chi connectivity index (χ3n) is 7.67. The summed E-state index contributed by atoms with van der Waals surface area (Å²) in [6.07, 6.45) is 10.7. The van der Waals surface area contributed by atoms with E-state index in [4.69, 9.17) is 0 Å². The fourth-order valence-electron chi connectivity index (χ4n) is 6.67. The Labute approximate surface area is 169 Å². The largest absolute Gasteiger partial charge is 0.354 e. The van der Waals surface area contributed by atoms with Gasteiger partial charge in [0, 0.05) is 13.0 Å². The number of hydrogen-bond acceptors (Lipinski definition) is 3. The van der Waals surface area contributed by atoms with Crippen molar-refractivity contribution in [3.8, 4) is 0 Å². The molecule has 0 aromatic carbocycles. The molecule has 0 atom stereocenters. The van der Waals surface area contributed by atoms with E-state index in [0.717, 1.165) is 43.7 Å². The van der Waals surface area contributed by atoms with E-state index in [1.807, 2.05) is 0 Å². The van der Waals surface area contributed by atoms with Crippen LogP contribution in [0.3, 0.4) is 0 Å². The van der Waals surface area contributed by atoms with Crippen LogP contribution in [-0.2, 0) is 9.59 Å². The Hall–Kier alpha value is -0.810. The molecule has 0 aromatic heterocycles. The summed E-state index contributed by atoms with van der Waals surface area (Å²) < 4.78 is 0. The normalized spacial score (nSPS) is 36.0. The Bertz CT molecular complexity index is 524. The number of rotatable bonds is 6. The van der Waals surface area contributed by atoms with Crippen molar-refractivity contribution in [2.45, 2.75) is 64.7 Å². The summed E-state index contributed by atoms with van der Waals surface area (Å²) in [4.78, 5) is 24.7. The van der Waals surface area contributed by atoms with Crippen molar-refractivity contribution in [1.29, 1.82) is 0 Å². The second-order valence-corrected chi connectivity index (χ2v) is 10.2. The lowest BCUT2D eigenvalue weighted by molar-refractivity contribution is -0.132.